The number of carbonyl (C=O) groups is 1. The van der Waals surface area contributed by atoms with Gasteiger partial charge in [0.15, 0.2) is 0 Å². The van der Waals surface area contributed by atoms with Crippen molar-refractivity contribution >= 4 is 50.5 Å². The number of nitrogens with zero attached hydrogens (tertiary/aromatic N) is 1. The predicted molar refractivity (Wildman–Crippen MR) is 116 cm³/mol. The first-order chi connectivity index (χ1) is 13.8. The maximum Gasteiger partial charge on any atom is 0.265 e. The highest BCUT2D eigenvalue weighted by Crippen LogP contribution is 2.43. The van der Waals surface area contributed by atoms with E-state index >= 15 is 0 Å². The van der Waals surface area contributed by atoms with Gasteiger partial charge in [-0.2, -0.15) is 0 Å². The van der Waals surface area contributed by atoms with Crippen molar-refractivity contribution in [1.82, 2.24) is 0 Å². The van der Waals surface area contributed by atoms with Gasteiger partial charge >= 0.3 is 0 Å². The second kappa shape index (κ2) is 7.37. The molecule has 8 heteroatoms. The molecule has 0 unspecified atom stereocenters. The molecule has 0 radical (unpaired) electrons. The van der Waals surface area contributed by atoms with E-state index in [2.05, 4.69) is 5.32 Å². The normalized spacial score (nSPS) is 14.1. The zero-order valence-corrected chi connectivity index (χ0v) is 17.6. The smallest absolute Gasteiger partial charge is 0.265 e. The molecule has 0 saturated heterocycles. The van der Waals surface area contributed by atoms with E-state index in [1.807, 2.05) is 19.1 Å². The van der Waals surface area contributed by atoms with Crippen LogP contribution in [0.25, 0.3) is 11.1 Å². The maximum atomic E-state index is 13.3. The van der Waals surface area contributed by atoms with Gasteiger partial charge in [0, 0.05) is 11.1 Å². The molecular weight excluding hydrogens is 431 g/mol. The topological polar surface area (TPSA) is 66.5 Å². The summed E-state index contributed by atoms with van der Waals surface area (Å²) in [6, 6.07) is 17.1. The Morgan fingerprint density at radius 3 is 2.55 bits per heavy atom. The fourth-order valence-corrected chi connectivity index (χ4v) is 5.33. The minimum absolute atomic E-state index is 0.173. The first kappa shape index (κ1) is 19.8. The molecule has 1 aliphatic heterocycles. The SMILES string of the molecule is Cc1ccc2c(c1)-c1ccccc1S(=O)(=O)N2CC(=O)Nc1cccc(Cl)c1Cl. The molecule has 4 rings (SSSR count). The first-order valence-electron chi connectivity index (χ1n) is 8.75. The maximum absolute atomic E-state index is 13.3. The van der Waals surface area contributed by atoms with E-state index in [9.17, 15) is 13.2 Å². The molecule has 0 atom stereocenters. The van der Waals surface area contributed by atoms with Gasteiger partial charge in [-0.15, -0.1) is 0 Å². The summed E-state index contributed by atoms with van der Waals surface area (Å²) in [5, 5.41) is 3.14. The Morgan fingerprint density at radius 2 is 1.76 bits per heavy atom. The molecule has 3 aromatic carbocycles. The van der Waals surface area contributed by atoms with Crippen LogP contribution in [0.2, 0.25) is 10.0 Å². The van der Waals surface area contributed by atoms with Gasteiger partial charge in [-0.1, -0.05) is 59.1 Å². The van der Waals surface area contributed by atoms with Crippen molar-refractivity contribution in [3.8, 4) is 11.1 Å². The van der Waals surface area contributed by atoms with E-state index in [0.29, 0.717) is 22.0 Å². The second-order valence-electron chi connectivity index (χ2n) is 6.68. The summed E-state index contributed by atoms with van der Waals surface area (Å²) in [5.41, 5.74) is 3.17. The van der Waals surface area contributed by atoms with E-state index < -0.39 is 22.5 Å². The van der Waals surface area contributed by atoms with Crippen LogP contribution in [-0.2, 0) is 14.8 Å². The highest BCUT2D eigenvalue weighted by molar-refractivity contribution is 7.93. The van der Waals surface area contributed by atoms with Gasteiger partial charge in [0.05, 0.1) is 26.3 Å². The monoisotopic (exact) mass is 446 g/mol. The van der Waals surface area contributed by atoms with Crippen LogP contribution >= 0.6 is 23.2 Å². The molecule has 0 aromatic heterocycles. The summed E-state index contributed by atoms with van der Waals surface area (Å²) in [6.07, 6.45) is 0. The van der Waals surface area contributed by atoms with Crippen molar-refractivity contribution < 1.29 is 13.2 Å². The Bertz CT molecular complexity index is 1240. The number of hydrogen-bond acceptors (Lipinski definition) is 3. The number of hydrogen-bond donors (Lipinski definition) is 1. The van der Waals surface area contributed by atoms with Gasteiger partial charge < -0.3 is 5.32 Å². The van der Waals surface area contributed by atoms with Crippen molar-refractivity contribution in [3.05, 3.63) is 76.3 Å². The van der Waals surface area contributed by atoms with Crippen molar-refractivity contribution in [3.63, 3.8) is 0 Å². The number of halogens is 2. The summed E-state index contributed by atoms with van der Waals surface area (Å²) in [4.78, 5) is 12.9. The lowest BCUT2D eigenvalue weighted by molar-refractivity contribution is -0.114. The Hall–Kier alpha value is -2.54. The largest absolute Gasteiger partial charge is 0.323 e. The van der Waals surface area contributed by atoms with Crippen LogP contribution in [0.1, 0.15) is 5.56 Å². The molecule has 0 spiro atoms. The molecule has 0 saturated carbocycles. The summed E-state index contributed by atoms with van der Waals surface area (Å²) in [6.45, 7) is 1.54. The first-order valence-corrected chi connectivity index (χ1v) is 11.0. The Kier molecular flexibility index (Phi) is 5.02. The van der Waals surface area contributed by atoms with Gasteiger partial charge in [0.2, 0.25) is 5.91 Å². The number of rotatable bonds is 3. The van der Waals surface area contributed by atoms with Crippen LogP contribution in [0.3, 0.4) is 0 Å². The van der Waals surface area contributed by atoms with Gasteiger partial charge in [0.25, 0.3) is 10.0 Å². The number of benzene rings is 3. The molecule has 3 aromatic rings. The van der Waals surface area contributed by atoms with Crippen LogP contribution in [0.15, 0.2) is 65.6 Å². The number of nitrogens with one attached hydrogen (secondary N) is 1. The average molecular weight is 447 g/mol. The second-order valence-corrected chi connectivity index (χ2v) is 9.29. The lowest BCUT2D eigenvalue weighted by atomic mass is 10.0. The van der Waals surface area contributed by atoms with Gasteiger partial charge in [-0.05, 0) is 37.3 Å². The quantitative estimate of drug-likeness (QED) is 0.607. The summed E-state index contributed by atoms with van der Waals surface area (Å²) >= 11 is 12.1. The van der Waals surface area contributed by atoms with Crippen LogP contribution in [0, 0.1) is 6.92 Å². The number of fused-ring (bicyclic) bond motifs is 3. The number of amides is 1. The van der Waals surface area contributed by atoms with Crippen molar-refractivity contribution in [2.75, 3.05) is 16.2 Å². The predicted octanol–water partition coefficient (Wildman–Crippen LogP) is 5.12. The van der Waals surface area contributed by atoms with Crippen molar-refractivity contribution in [1.29, 1.82) is 0 Å². The molecule has 1 amide bonds. The molecule has 0 fully saturated rings. The third-order valence-corrected chi connectivity index (χ3v) is 7.32. The van der Waals surface area contributed by atoms with Gasteiger partial charge in [0.1, 0.15) is 6.54 Å². The fraction of sp³-hybridized carbons (Fsp3) is 0.0952. The number of carbonyl (C=O) groups excluding carboxylic acids is 1. The zero-order chi connectivity index (χ0) is 20.8. The van der Waals surface area contributed by atoms with Crippen molar-refractivity contribution in [2.45, 2.75) is 11.8 Å². The van der Waals surface area contributed by atoms with Crippen molar-refractivity contribution in [2.24, 2.45) is 0 Å². The molecule has 29 heavy (non-hydrogen) atoms. The van der Waals surface area contributed by atoms with E-state index in [-0.39, 0.29) is 9.92 Å². The Morgan fingerprint density at radius 1 is 1.00 bits per heavy atom. The minimum Gasteiger partial charge on any atom is -0.323 e. The molecule has 0 aliphatic carbocycles. The van der Waals surface area contributed by atoms with E-state index in [1.165, 1.54) is 0 Å². The number of sulfonamides is 1. The highest BCUT2D eigenvalue weighted by atomic mass is 35.5. The lowest BCUT2D eigenvalue weighted by Crippen LogP contribution is -2.40. The third kappa shape index (κ3) is 3.48. The molecule has 148 valence electrons. The summed E-state index contributed by atoms with van der Waals surface area (Å²) in [5.74, 6) is -0.524. The van der Waals surface area contributed by atoms with Crippen LogP contribution in [-0.4, -0.2) is 20.9 Å². The molecule has 1 N–H and O–H groups in total. The Labute approximate surface area is 178 Å². The third-order valence-electron chi connectivity index (χ3n) is 4.68. The summed E-state index contributed by atoms with van der Waals surface area (Å²) in [7, 11) is -3.90. The standard InChI is InChI=1S/C21H16Cl2N2O3S/c1-13-9-10-18-15(11-13)14-5-2-3-8-19(14)29(27,28)25(18)12-20(26)24-17-7-4-6-16(22)21(17)23/h2-11H,12H2,1H3,(H,24,26). The number of anilines is 2. The van der Waals surface area contributed by atoms with Crippen LogP contribution in [0.5, 0.6) is 0 Å². The van der Waals surface area contributed by atoms with Crippen LogP contribution in [0.4, 0.5) is 11.4 Å². The average Bonchev–Trinajstić information content (AvgIpc) is 2.69. The lowest BCUT2D eigenvalue weighted by Gasteiger charge is -2.31. The number of aryl methyl sites for hydroxylation is 1. The minimum atomic E-state index is -3.90. The van der Waals surface area contributed by atoms with E-state index in [4.69, 9.17) is 23.2 Å². The molecule has 1 aliphatic rings. The Balaban J connectivity index is 1.74. The summed E-state index contributed by atoms with van der Waals surface area (Å²) < 4.78 is 27.6. The van der Waals surface area contributed by atoms with E-state index in [1.54, 1.807) is 48.5 Å². The fourth-order valence-electron chi connectivity index (χ4n) is 3.34. The molecular formula is C21H16Cl2N2O3S. The van der Waals surface area contributed by atoms with Gasteiger partial charge in [-0.25, -0.2) is 8.42 Å². The molecule has 0 bridgehead atoms. The molecule has 5 nitrogen and oxygen atoms in total. The van der Waals surface area contributed by atoms with Gasteiger partial charge in [-0.3, -0.25) is 9.10 Å². The molecule has 1 heterocycles. The zero-order valence-electron chi connectivity index (χ0n) is 15.3. The highest BCUT2D eigenvalue weighted by Gasteiger charge is 2.35. The van der Waals surface area contributed by atoms with E-state index in [0.717, 1.165) is 15.4 Å². The van der Waals surface area contributed by atoms with Crippen LogP contribution < -0.4 is 9.62 Å².